The molecule has 41 heavy (non-hydrogen) atoms. The van der Waals surface area contributed by atoms with E-state index in [0.717, 1.165) is 6.20 Å². The van der Waals surface area contributed by atoms with Crippen LogP contribution < -0.4 is 24.3 Å². The lowest BCUT2D eigenvalue weighted by molar-refractivity contribution is -0.906. The van der Waals surface area contributed by atoms with Crippen molar-refractivity contribution in [3.8, 4) is 23.0 Å². The largest absolute Gasteiger partial charge is 0.499 e. The second-order valence-corrected chi connectivity index (χ2v) is 8.97. The van der Waals surface area contributed by atoms with E-state index in [1.54, 1.807) is 20.8 Å². The van der Waals surface area contributed by atoms with Gasteiger partial charge < -0.3 is 29.4 Å². The Hall–Kier alpha value is -4.61. The molecule has 1 heterocycles. The maximum absolute atomic E-state index is 14.1. The van der Waals surface area contributed by atoms with Crippen LogP contribution in [-0.4, -0.2) is 54.7 Å². The number of hydrogen-bond donors (Lipinski definition) is 3. The summed E-state index contributed by atoms with van der Waals surface area (Å²) in [4.78, 5) is 25.9. The van der Waals surface area contributed by atoms with Crippen molar-refractivity contribution in [3.05, 3.63) is 77.1 Å². The molecule has 0 radical (unpaired) electrons. The quantitative estimate of drug-likeness (QED) is 0.169. The number of carbonyl (C=O) groups excluding carboxylic acids is 2. The van der Waals surface area contributed by atoms with Crippen LogP contribution in [0.15, 0.2) is 48.7 Å². The van der Waals surface area contributed by atoms with E-state index in [0.29, 0.717) is 15.9 Å². The molecule has 0 bridgehead atoms. The Kier molecular flexibility index (Phi) is 10.3. The van der Waals surface area contributed by atoms with Gasteiger partial charge in [0.05, 0.1) is 32.3 Å². The van der Waals surface area contributed by atoms with Gasteiger partial charge in [-0.1, -0.05) is 12.1 Å². The molecule has 0 aliphatic carbocycles. The van der Waals surface area contributed by atoms with Crippen molar-refractivity contribution < 1.29 is 52.4 Å². The van der Waals surface area contributed by atoms with E-state index in [2.05, 4.69) is 5.32 Å². The molecule has 3 rings (SSSR count). The van der Waals surface area contributed by atoms with Crippen LogP contribution in [-0.2, 0) is 9.53 Å². The Bertz CT molecular complexity index is 1350. The molecule has 3 aromatic rings. The third-order valence-electron chi connectivity index (χ3n) is 6.18. The summed E-state index contributed by atoms with van der Waals surface area (Å²) in [5, 5.41) is 22.7. The standard InChI is InChI=1S/C29H32F2N2O8/c1-6-39-23-14-18(30)8-10-20(23)25(21-11-9-19(31)15-24(21)40-7-2)17(4)41-29(36)16(3)32-28(35)26-27(34)22(38-5)12-13-33(26)37/h8-17,25H,6-7H2,1-5H3,(H2-,32,34,35,37)/p+1/t16-,17-/m0/s1. The van der Waals surface area contributed by atoms with E-state index >= 15 is 0 Å². The molecule has 0 saturated carbocycles. The lowest BCUT2D eigenvalue weighted by atomic mass is 9.85. The van der Waals surface area contributed by atoms with Crippen LogP contribution in [0.5, 0.6) is 23.0 Å². The number of aromatic hydroxyl groups is 1. The van der Waals surface area contributed by atoms with E-state index in [4.69, 9.17) is 18.9 Å². The van der Waals surface area contributed by atoms with Crippen molar-refractivity contribution in [1.29, 1.82) is 0 Å². The highest BCUT2D eigenvalue weighted by atomic mass is 19.1. The molecule has 3 N–H and O–H groups in total. The highest BCUT2D eigenvalue weighted by molar-refractivity contribution is 5.96. The zero-order valence-corrected chi connectivity index (χ0v) is 23.3. The fourth-order valence-electron chi connectivity index (χ4n) is 4.34. The SMILES string of the molecule is CCOc1cc(F)ccc1C(c1ccc(F)cc1OCC)[C@H](C)OC(=O)[C@H](C)NC(=O)c1c(O)c(OC)cc[n+]1O. The summed E-state index contributed by atoms with van der Waals surface area (Å²) in [7, 11) is 1.27. The van der Waals surface area contributed by atoms with Crippen molar-refractivity contribution in [2.24, 2.45) is 0 Å². The highest BCUT2D eigenvalue weighted by Gasteiger charge is 2.34. The van der Waals surface area contributed by atoms with Gasteiger partial charge >= 0.3 is 17.6 Å². The Morgan fingerprint density at radius 1 is 0.927 bits per heavy atom. The molecule has 0 aliphatic heterocycles. The first kappa shape index (κ1) is 30.9. The number of pyridine rings is 1. The maximum atomic E-state index is 14.1. The molecule has 10 nitrogen and oxygen atoms in total. The number of rotatable bonds is 12. The summed E-state index contributed by atoms with van der Waals surface area (Å²) >= 11 is 0. The number of halogens is 2. The molecule has 0 saturated heterocycles. The number of amides is 1. The van der Waals surface area contributed by atoms with Gasteiger partial charge in [0.15, 0.2) is 5.75 Å². The lowest BCUT2D eigenvalue weighted by Gasteiger charge is -2.29. The maximum Gasteiger partial charge on any atom is 0.366 e. The number of carbonyl (C=O) groups is 2. The third-order valence-corrected chi connectivity index (χ3v) is 6.18. The molecule has 12 heteroatoms. The van der Waals surface area contributed by atoms with Crippen LogP contribution in [0.25, 0.3) is 0 Å². The van der Waals surface area contributed by atoms with Gasteiger partial charge in [0.1, 0.15) is 35.3 Å². The first-order valence-corrected chi connectivity index (χ1v) is 12.9. The molecule has 1 aromatic heterocycles. The van der Waals surface area contributed by atoms with Gasteiger partial charge in [0.2, 0.25) is 11.9 Å². The highest BCUT2D eigenvalue weighted by Crippen LogP contribution is 2.40. The smallest absolute Gasteiger partial charge is 0.366 e. The van der Waals surface area contributed by atoms with Crippen LogP contribution in [0.1, 0.15) is 55.2 Å². The summed E-state index contributed by atoms with van der Waals surface area (Å²) in [6, 6.07) is 7.86. The molecule has 220 valence electrons. The van der Waals surface area contributed by atoms with Crippen molar-refractivity contribution >= 4 is 11.9 Å². The topological polar surface area (TPSA) is 127 Å². The third kappa shape index (κ3) is 7.13. The summed E-state index contributed by atoms with van der Waals surface area (Å²) in [6.07, 6.45) is 0.129. The number of esters is 1. The van der Waals surface area contributed by atoms with Crippen LogP contribution >= 0.6 is 0 Å². The van der Waals surface area contributed by atoms with Gasteiger partial charge in [-0.15, -0.1) is 0 Å². The molecule has 0 spiro atoms. The average Bonchev–Trinajstić information content (AvgIpc) is 2.91. The zero-order chi connectivity index (χ0) is 30.3. The van der Waals surface area contributed by atoms with E-state index in [-0.39, 0.29) is 30.5 Å². The summed E-state index contributed by atoms with van der Waals surface area (Å²) in [5.41, 5.74) is 0.358. The predicted octanol–water partition coefficient (Wildman–Crippen LogP) is 3.88. The average molecular weight is 576 g/mol. The van der Waals surface area contributed by atoms with Gasteiger partial charge in [-0.2, -0.15) is 0 Å². The number of nitrogens with zero attached hydrogens (tertiary/aromatic N) is 1. The number of aromatic nitrogens is 1. The van der Waals surface area contributed by atoms with Gasteiger partial charge in [0.25, 0.3) is 0 Å². The fraction of sp³-hybridized carbons (Fsp3) is 0.345. The second-order valence-electron chi connectivity index (χ2n) is 8.97. The molecule has 0 aliphatic rings. The summed E-state index contributed by atoms with van der Waals surface area (Å²) < 4.78 is 50.7. The number of nitrogens with one attached hydrogen (secondary N) is 1. The summed E-state index contributed by atoms with van der Waals surface area (Å²) in [6.45, 7) is 6.86. The molecule has 2 atom stereocenters. The second kappa shape index (κ2) is 13.6. The predicted molar refractivity (Wildman–Crippen MR) is 142 cm³/mol. The first-order valence-electron chi connectivity index (χ1n) is 12.9. The van der Waals surface area contributed by atoms with E-state index < -0.39 is 53.0 Å². The van der Waals surface area contributed by atoms with Crippen molar-refractivity contribution in [2.75, 3.05) is 20.3 Å². The van der Waals surface area contributed by atoms with Crippen LogP contribution in [0, 0.1) is 11.6 Å². The first-order chi connectivity index (χ1) is 19.5. The van der Waals surface area contributed by atoms with E-state index in [1.165, 1.54) is 56.5 Å². The molecular weight excluding hydrogens is 542 g/mol. The van der Waals surface area contributed by atoms with E-state index in [9.17, 15) is 28.7 Å². The number of hydrogen-bond acceptors (Lipinski definition) is 8. The lowest BCUT2D eigenvalue weighted by Crippen LogP contribution is -2.47. The van der Waals surface area contributed by atoms with Crippen LogP contribution in [0.4, 0.5) is 8.78 Å². The minimum absolute atomic E-state index is 0.0686. The van der Waals surface area contributed by atoms with Crippen molar-refractivity contribution in [1.82, 2.24) is 5.32 Å². The van der Waals surface area contributed by atoms with Gasteiger partial charge in [-0.05, 0) is 39.8 Å². The van der Waals surface area contributed by atoms with Gasteiger partial charge in [-0.25, -0.2) is 13.6 Å². The normalized spacial score (nSPS) is 12.4. The number of methoxy groups -OCH3 is 1. The van der Waals surface area contributed by atoms with Gasteiger partial charge in [0, 0.05) is 28.0 Å². The minimum atomic E-state index is -1.24. The Balaban J connectivity index is 1.95. The molecule has 0 unspecified atom stereocenters. The van der Waals surface area contributed by atoms with Crippen LogP contribution in [0.2, 0.25) is 0 Å². The Morgan fingerprint density at radius 3 is 1.95 bits per heavy atom. The molecular formula is C29H33F2N2O8+. The van der Waals surface area contributed by atoms with Crippen LogP contribution in [0.3, 0.4) is 0 Å². The molecule has 2 aromatic carbocycles. The van der Waals surface area contributed by atoms with E-state index in [1.807, 2.05) is 0 Å². The van der Waals surface area contributed by atoms with Crippen molar-refractivity contribution in [2.45, 2.75) is 45.8 Å². The monoisotopic (exact) mass is 575 g/mol. The molecule has 0 fully saturated rings. The van der Waals surface area contributed by atoms with Crippen molar-refractivity contribution in [3.63, 3.8) is 0 Å². The number of benzene rings is 2. The zero-order valence-electron chi connectivity index (χ0n) is 23.3. The Labute approximate surface area is 236 Å². The summed E-state index contributed by atoms with van der Waals surface area (Å²) in [5.74, 6) is -4.01. The molecule has 1 amide bonds. The minimum Gasteiger partial charge on any atom is -0.499 e. The Morgan fingerprint density at radius 2 is 1.46 bits per heavy atom. The number of ether oxygens (including phenoxy) is 4. The fourth-order valence-corrected chi connectivity index (χ4v) is 4.34. The van der Waals surface area contributed by atoms with Gasteiger partial charge in [-0.3, -0.25) is 10.0 Å².